The standard InChI is InChI=1S/C33H39N3O8/c1-5-18(2)30(33(42)35-15-20-12-22(17-35)24-7-6-8-29(40)36(24)16-20)34-28(39)14-23(21-9-10-25(37)27(13-21)43-4)32-31(41)26(38)11-19(3)44-32/h6-11,13,18,20,22-23,30,37,41H,5,12,14-17H2,1-4H3,(H,34,39)/t18-,20+,22-,23-,30-/m0/s1. The number of nitrogens with one attached hydrogen (secondary N) is 1. The molecule has 4 heterocycles. The number of methoxy groups -OCH3 is 1. The van der Waals surface area contributed by atoms with Crippen LogP contribution >= 0.6 is 0 Å². The summed E-state index contributed by atoms with van der Waals surface area (Å²) in [6.45, 7) is 6.95. The lowest BCUT2D eigenvalue weighted by molar-refractivity contribution is -0.140. The second-order valence-electron chi connectivity index (χ2n) is 12.0. The molecule has 2 aromatic heterocycles. The van der Waals surface area contributed by atoms with Crippen LogP contribution < -0.4 is 21.0 Å². The van der Waals surface area contributed by atoms with E-state index in [9.17, 15) is 29.4 Å². The number of aromatic hydroxyl groups is 2. The Morgan fingerprint density at radius 3 is 2.61 bits per heavy atom. The van der Waals surface area contributed by atoms with E-state index in [4.69, 9.17) is 9.15 Å². The number of aryl methyl sites for hydroxylation is 1. The number of aromatic nitrogens is 1. The van der Waals surface area contributed by atoms with Gasteiger partial charge in [-0.2, -0.15) is 0 Å². The van der Waals surface area contributed by atoms with E-state index in [2.05, 4.69) is 5.32 Å². The Kier molecular flexibility index (Phi) is 8.85. The van der Waals surface area contributed by atoms with Crippen molar-refractivity contribution in [3.05, 3.63) is 85.8 Å². The summed E-state index contributed by atoms with van der Waals surface area (Å²) in [5.74, 6) is -2.00. The topological polar surface area (TPSA) is 151 Å². The lowest BCUT2D eigenvalue weighted by atomic mass is 9.82. The number of carbonyl (C=O) groups excluding carboxylic acids is 2. The quantitative estimate of drug-likeness (QED) is 0.336. The van der Waals surface area contributed by atoms with Crippen LogP contribution in [0, 0.1) is 18.8 Å². The van der Waals surface area contributed by atoms with Crippen molar-refractivity contribution in [2.45, 2.75) is 64.5 Å². The molecule has 3 N–H and O–H groups in total. The van der Waals surface area contributed by atoms with Crippen LogP contribution in [0.3, 0.4) is 0 Å². The van der Waals surface area contributed by atoms with Gasteiger partial charge in [-0.15, -0.1) is 0 Å². The zero-order chi connectivity index (χ0) is 31.7. The highest BCUT2D eigenvalue weighted by Gasteiger charge is 2.39. The average molecular weight is 606 g/mol. The molecule has 0 aliphatic carbocycles. The number of ether oxygens (including phenoxy) is 1. The minimum atomic E-state index is -0.922. The highest BCUT2D eigenvalue weighted by molar-refractivity contribution is 5.88. The van der Waals surface area contributed by atoms with Crippen LogP contribution in [0.25, 0.3) is 0 Å². The Balaban J connectivity index is 1.41. The zero-order valence-corrected chi connectivity index (χ0v) is 25.4. The summed E-state index contributed by atoms with van der Waals surface area (Å²) in [6, 6.07) is 10.1. The van der Waals surface area contributed by atoms with Crippen molar-refractivity contribution in [3.63, 3.8) is 0 Å². The van der Waals surface area contributed by atoms with Crippen molar-refractivity contribution in [2.75, 3.05) is 20.2 Å². The largest absolute Gasteiger partial charge is 0.504 e. The fourth-order valence-electron chi connectivity index (χ4n) is 6.51. The van der Waals surface area contributed by atoms with Gasteiger partial charge in [0.25, 0.3) is 5.56 Å². The van der Waals surface area contributed by atoms with Gasteiger partial charge >= 0.3 is 0 Å². The molecular formula is C33H39N3O8. The molecule has 3 aromatic rings. The number of phenols is 1. The number of phenolic OH excluding ortho intramolecular Hbond substituents is 1. The van der Waals surface area contributed by atoms with Crippen molar-refractivity contribution in [1.29, 1.82) is 0 Å². The van der Waals surface area contributed by atoms with Crippen LogP contribution in [0.5, 0.6) is 17.2 Å². The van der Waals surface area contributed by atoms with Gasteiger partial charge in [-0.1, -0.05) is 32.4 Å². The highest BCUT2D eigenvalue weighted by Crippen LogP contribution is 2.38. The van der Waals surface area contributed by atoms with Gasteiger partial charge in [-0.25, -0.2) is 0 Å². The SMILES string of the molecule is CC[C@H](C)[C@H](NC(=O)C[C@@H](c1ccc(O)c(OC)c1)c1oc(C)cc(=O)c1O)C(=O)N1C[C@H]2C[C@@H](C1)c1cccc(=O)n1C2. The Hall–Kier alpha value is -4.54. The van der Waals surface area contributed by atoms with E-state index in [0.717, 1.165) is 18.2 Å². The van der Waals surface area contributed by atoms with Crippen LogP contribution in [0.15, 0.2) is 56.5 Å². The molecular weight excluding hydrogens is 566 g/mol. The first-order valence-corrected chi connectivity index (χ1v) is 15.0. The molecule has 2 aliphatic heterocycles. The highest BCUT2D eigenvalue weighted by atomic mass is 16.5. The number of hydrogen-bond donors (Lipinski definition) is 3. The Labute approximate surface area is 255 Å². The maximum Gasteiger partial charge on any atom is 0.250 e. The summed E-state index contributed by atoms with van der Waals surface area (Å²) < 4.78 is 12.8. The van der Waals surface area contributed by atoms with Gasteiger partial charge in [0.05, 0.1) is 13.0 Å². The van der Waals surface area contributed by atoms with Gasteiger partial charge in [0, 0.05) is 49.8 Å². The van der Waals surface area contributed by atoms with Crippen molar-refractivity contribution in [1.82, 2.24) is 14.8 Å². The van der Waals surface area contributed by atoms with Gasteiger partial charge in [0.2, 0.25) is 23.0 Å². The smallest absolute Gasteiger partial charge is 0.250 e. The number of fused-ring (bicyclic) bond motifs is 4. The van der Waals surface area contributed by atoms with E-state index < -0.39 is 29.0 Å². The van der Waals surface area contributed by atoms with Crippen molar-refractivity contribution >= 4 is 11.8 Å². The summed E-state index contributed by atoms with van der Waals surface area (Å²) >= 11 is 0. The number of amides is 2. The van der Waals surface area contributed by atoms with Gasteiger partial charge in [0.1, 0.15) is 11.8 Å². The maximum atomic E-state index is 14.0. The fourth-order valence-corrected chi connectivity index (χ4v) is 6.51. The second kappa shape index (κ2) is 12.6. The van der Waals surface area contributed by atoms with E-state index in [1.54, 1.807) is 25.1 Å². The maximum absolute atomic E-state index is 14.0. The molecule has 1 fully saturated rings. The lowest BCUT2D eigenvalue weighted by Gasteiger charge is -2.44. The van der Waals surface area contributed by atoms with Crippen molar-refractivity contribution in [2.24, 2.45) is 11.8 Å². The molecule has 2 bridgehead atoms. The van der Waals surface area contributed by atoms with Crippen molar-refractivity contribution in [3.8, 4) is 17.2 Å². The van der Waals surface area contributed by atoms with E-state index >= 15 is 0 Å². The molecule has 11 nitrogen and oxygen atoms in total. The van der Waals surface area contributed by atoms with Crippen molar-refractivity contribution < 1.29 is 29.0 Å². The van der Waals surface area contributed by atoms with Crippen LogP contribution in [0.2, 0.25) is 0 Å². The molecule has 5 atom stereocenters. The number of pyridine rings is 1. The number of benzene rings is 1. The molecule has 0 saturated carbocycles. The third-order valence-electron chi connectivity index (χ3n) is 8.97. The summed E-state index contributed by atoms with van der Waals surface area (Å²) in [4.78, 5) is 54.5. The number of nitrogens with zero attached hydrogens (tertiary/aromatic N) is 2. The zero-order valence-electron chi connectivity index (χ0n) is 25.4. The molecule has 0 spiro atoms. The summed E-state index contributed by atoms with van der Waals surface area (Å²) in [5.41, 5.74) is 0.718. The van der Waals surface area contributed by atoms with Gasteiger partial charge < -0.3 is 34.2 Å². The van der Waals surface area contributed by atoms with Crippen LogP contribution in [0.1, 0.15) is 67.7 Å². The number of rotatable bonds is 9. The monoisotopic (exact) mass is 605 g/mol. The molecule has 5 rings (SSSR count). The molecule has 2 aliphatic rings. The number of piperidine rings is 1. The number of likely N-dealkylation sites (tertiary alicyclic amines) is 1. The lowest BCUT2D eigenvalue weighted by Crippen LogP contribution is -2.56. The molecule has 1 saturated heterocycles. The summed E-state index contributed by atoms with van der Waals surface area (Å²) in [7, 11) is 1.39. The van der Waals surface area contributed by atoms with Gasteiger partial charge in [-0.05, 0) is 48.9 Å². The molecule has 2 amide bonds. The third-order valence-corrected chi connectivity index (χ3v) is 8.97. The first-order valence-electron chi connectivity index (χ1n) is 15.0. The minimum absolute atomic E-state index is 0.0296. The normalized spacial score (nSPS) is 19.4. The molecule has 0 radical (unpaired) electrons. The molecule has 234 valence electrons. The van der Waals surface area contributed by atoms with Crippen LogP contribution in [-0.2, 0) is 16.1 Å². The van der Waals surface area contributed by atoms with E-state index in [-0.39, 0.29) is 58.7 Å². The number of hydrogen-bond acceptors (Lipinski definition) is 8. The predicted molar refractivity (Wildman–Crippen MR) is 162 cm³/mol. The van der Waals surface area contributed by atoms with Crippen LogP contribution in [-0.4, -0.2) is 57.7 Å². The first-order chi connectivity index (χ1) is 21.0. The van der Waals surface area contributed by atoms with Crippen LogP contribution in [0.4, 0.5) is 0 Å². The molecule has 44 heavy (non-hydrogen) atoms. The fraction of sp³-hybridized carbons (Fsp3) is 0.455. The second-order valence-corrected chi connectivity index (χ2v) is 12.0. The average Bonchev–Trinajstić information content (AvgIpc) is 3.00. The first kappa shape index (κ1) is 30.9. The third kappa shape index (κ3) is 6.09. The summed E-state index contributed by atoms with van der Waals surface area (Å²) in [6.07, 6.45) is 1.29. The Bertz CT molecular complexity index is 1680. The van der Waals surface area contributed by atoms with E-state index in [1.165, 1.54) is 19.2 Å². The van der Waals surface area contributed by atoms with Gasteiger partial charge in [0.15, 0.2) is 17.3 Å². The Morgan fingerprint density at radius 2 is 1.89 bits per heavy atom. The summed E-state index contributed by atoms with van der Waals surface area (Å²) in [5, 5.41) is 23.8. The van der Waals surface area contributed by atoms with E-state index in [1.807, 2.05) is 29.4 Å². The minimum Gasteiger partial charge on any atom is -0.504 e. The van der Waals surface area contributed by atoms with Gasteiger partial charge in [-0.3, -0.25) is 19.2 Å². The number of carbonyl (C=O) groups is 2. The Morgan fingerprint density at radius 1 is 1.11 bits per heavy atom. The molecule has 1 aromatic carbocycles. The molecule has 0 unspecified atom stereocenters. The molecule has 11 heteroatoms. The predicted octanol–water partition coefficient (Wildman–Crippen LogP) is 3.23. The van der Waals surface area contributed by atoms with E-state index in [0.29, 0.717) is 31.6 Å².